The summed E-state index contributed by atoms with van der Waals surface area (Å²) in [4.78, 5) is 30.5. The molecule has 0 fully saturated rings. The van der Waals surface area contributed by atoms with Gasteiger partial charge >= 0.3 is 5.69 Å². The topological polar surface area (TPSA) is 66.2 Å². The summed E-state index contributed by atoms with van der Waals surface area (Å²) in [5.74, 6) is 0.681. The summed E-state index contributed by atoms with van der Waals surface area (Å²) in [6.07, 6.45) is 1.90. The van der Waals surface area contributed by atoms with Gasteiger partial charge in [-0.15, -0.1) is 0 Å². The molecule has 7 heteroatoms. The third kappa shape index (κ3) is 2.23. The van der Waals surface area contributed by atoms with Crippen LogP contribution >= 0.6 is 0 Å². The van der Waals surface area contributed by atoms with E-state index in [2.05, 4.69) is 4.98 Å². The van der Waals surface area contributed by atoms with Gasteiger partial charge in [-0.3, -0.25) is 18.3 Å². The molecule has 26 heavy (non-hydrogen) atoms. The van der Waals surface area contributed by atoms with E-state index >= 15 is 0 Å². The van der Waals surface area contributed by atoms with Crippen molar-refractivity contribution in [2.24, 2.45) is 7.05 Å². The lowest BCUT2D eigenvalue weighted by Crippen LogP contribution is -2.39. The van der Waals surface area contributed by atoms with Crippen molar-refractivity contribution in [1.29, 1.82) is 0 Å². The highest BCUT2D eigenvalue weighted by Gasteiger charge is 2.19. The van der Waals surface area contributed by atoms with Crippen molar-refractivity contribution < 1.29 is 0 Å². The molecule has 0 aliphatic heterocycles. The van der Waals surface area contributed by atoms with Crippen LogP contribution in [0.3, 0.4) is 0 Å². The lowest BCUT2D eigenvalue weighted by atomic mass is 10.1. The Morgan fingerprint density at radius 1 is 1.12 bits per heavy atom. The van der Waals surface area contributed by atoms with Gasteiger partial charge in [-0.25, -0.2) is 4.79 Å². The van der Waals surface area contributed by atoms with Gasteiger partial charge in [-0.05, 0) is 26.3 Å². The molecular formula is C19H21N5O2. The molecule has 0 saturated carbocycles. The van der Waals surface area contributed by atoms with Crippen LogP contribution in [0.5, 0.6) is 0 Å². The third-order valence-electron chi connectivity index (χ3n) is 4.88. The monoisotopic (exact) mass is 351 g/mol. The van der Waals surface area contributed by atoms with E-state index in [-0.39, 0.29) is 17.8 Å². The molecule has 4 aromatic rings. The van der Waals surface area contributed by atoms with E-state index in [4.69, 9.17) is 0 Å². The van der Waals surface area contributed by atoms with Gasteiger partial charge in [0.05, 0.1) is 6.54 Å². The molecule has 0 spiro atoms. The van der Waals surface area contributed by atoms with E-state index < -0.39 is 0 Å². The van der Waals surface area contributed by atoms with Crippen LogP contribution in [-0.2, 0) is 20.1 Å². The third-order valence-corrected chi connectivity index (χ3v) is 4.88. The standard InChI is InChI=1S/C19H21N5O2/c1-5-22-13(3)10-23-15-16(20-18(22)23)21(4)19(26)24(17(15)25)11-14-8-6-7-12(2)9-14/h6-10H,5,11H2,1-4H3. The molecule has 0 aliphatic rings. The molecule has 0 amide bonds. The van der Waals surface area contributed by atoms with Gasteiger partial charge in [-0.2, -0.15) is 4.98 Å². The number of benzene rings is 1. The van der Waals surface area contributed by atoms with E-state index in [1.165, 1.54) is 9.13 Å². The van der Waals surface area contributed by atoms with E-state index in [1.807, 2.05) is 55.8 Å². The summed E-state index contributed by atoms with van der Waals surface area (Å²) < 4.78 is 6.55. The summed E-state index contributed by atoms with van der Waals surface area (Å²) in [7, 11) is 1.66. The van der Waals surface area contributed by atoms with Crippen molar-refractivity contribution in [3.63, 3.8) is 0 Å². The molecule has 4 rings (SSSR count). The molecule has 3 aromatic heterocycles. The van der Waals surface area contributed by atoms with Crippen LogP contribution in [0, 0.1) is 13.8 Å². The maximum absolute atomic E-state index is 13.2. The lowest BCUT2D eigenvalue weighted by Gasteiger charge is -2.08. The molecule has 7 nitrogen and oxygen atoms in total. The van der Waals surface area contributed by atoms with E-state index in [9.17, 15) is 9.59 Å². The highest BCUT2D eigenvalue weighted by molar-refractivity contribution is 5.75. The fourth-order valence-electron chi connectivity index (χ4n) is 3.58. The Morgan fingerprint density at radius 3 is 2.58 bits per heavy atom. The molecule has 0 bridgehead atoms. The molecule has 0 radical (unpaired) electrons. The second-order valence-electron chi connectivity index (χ2n) is 6.69. The number of aryl methyl sites for hydroxylation is 4. The first kappa shape index (κ1) is 16.4. The SMILES string of the molecule is CCn1c(C)cn2c3c(=O)n(Cc4cccc(C)c4)c(=O)n(C)c3nc12. The van der Waals surface area contributed by atoms with Crippen LogP contribution < -0.4 is 11.2 Å². The first-order valence-electron chi connectivity index (χ1n) is 8.65. The zero-order chi connectivity index (χ0) is 18.6. The number of nitrogens with zero attached hydrogens (tertiary/aromatic N) is 5. The second-order valence-corrected chi connectivity index (χ2v) is 6.69. The fourth-order valence-corrected chi connectivity index (χ4v) is 3.58. The van der Waals surface area contributed by atoms with Crippen molar-refractivity contribution >= 4 is 16.9 Å². The normalized spacial score (nSPS) is 11.7. The average Bonchev–Trinajstić information content (AvgIpc) is 3.11. The molecule has 1 aromatic carbocycles. The van der Waals surface area contributed by atoms with Gasteiger partial charge < -0.3 is 4.57 Å². The summed E-state index contributed by atoms with van der Waals surface area (Å²) in [6, 6.07) is 7.83. The predicted molar refractivity (Wildman–Crippen MR) is 101 cm³/mol. The Balaban J connectivity index is 2.04. The van der Waals surface area contributed by atoms with Gasteiger partial charge in [0, 0.05) is 25.5 Å². The summed E-state index contributed by atoms with van der Waals surface area (Å²) in [6.45, 7) is 6.99. The number of rotatable bonds is 3. The van der Waals surface area contributed by atoms with Crippen LogP contribution in [-0.4, -0.2) is 23.1 Å². The largest absolute Gasteiger partial charge is 0.332 e. The second kappa shape index (κ2) is 5.72. The smallest absolute Gasteiger partial charge is 0.314 e. The molecule has 0 atom stereocenters. The summed E-state index contributed by atoms with van der Waals surface area (Å²) in [5, 5.41) is 0. The minimum absolute atomic E-state index is 0.240. The maximum atomic E-state index is 13.2. The first-order valence-corrected chi connectivity index (χ1v) is 8.65. The number of aromatic nitrogens is 5. The Bertz CT molecular complexity index is 1270. The van der Waals surface area contributed by atoms with Crippen molar-refractivity contribution in [3.05, 3.63) is 68.1 Å². The highest BCUT2D eigenvalue weighted by atomic mass is 16.2. The summed E-state index contributed by atoms with van der Waals surface area (Å²) in [5.41, 5.74) is 3.22. The molecule has 0 N–H and O–H groups in total. The lowest BCUT2D eigenvalue weighted by molar-refractivity contribution is 0.656. The fraction of sp³-hybridized carbons (Fsp3) is 0.316. The zero-order valence-electron chi connectivity index (χ0n) is 15.4. The number of hydrogen-bond acceptors (Lipinski definition) is 3. The Labute approximate surface area is 149 Å². The molecule has 3 heterocycles. The van der Waals surface area contributed by atoms with Gasteiger partial charge in [0.25, 0.3) is 5.56 Å². The van der Waals surface area contributed by atoms with Crippen molar-refractivity contribution in [2.45, 2.75) is 33.9 Å². The van der Waals surface area contributed by atoms with Crippen LogP contribution in [0.15, 0.2) is 40.1 Å². The molecule has 0 saturated heterocycles. The maximum Gasteiger partial charge on any atom is 0.332 e. The zero-order valence-corrected chi connectivity index (χ0v) is 15.4. The number of fused-ring (bicyclic) bond motifs is 3. The highest BCUT2D eigenvalue weighted by Crippen LogP contribution is 2.16. The molecule has 134 valence electrons. The van der Waals surface area contributed by atoms with Gasteiger partial charge in [0.15, 0.2) is 11.2 Å². The Hall–Kier alpha value is -3.09. The van der Waals surface area contributed by atoms with Crippen molar-refractivity contribution in [1.82, 2.24) is 23.1 Å². The van der Waals surface area contributed by atoms with Crippen LogP contribution in [0.1, 0.15) is 23.7 Å². The molecule has 0 aliphatic carbocycles. The van der Waals surface area contributed by atoms with Crippen LogP contribution in [0.2, 0.25) is 0 Å². The van der Waals surface area contributed by atoms with Crippen LogP contribution in [0.4, 0.5) is 0 Å². The minimum atomic E-state index is -0.357. The molecule has 0 unspecified atom stereocenters. The number of imidazole rings is 2. The summed E-state index contributed by atoms with van der Waals surface area (Å²) >= 11 is 0. The molecular weight excluding hydrogens is 330 g/mol. The number of hydrogen-bond donors (Lipinski definition) is 0. The van der Waals surface area contributed by atoms with E-state index in [0.29, 0.717) is 16.9 Å². The van der Waals surface area contributed by atoms with Gasteiger partial charge in [0.2, 0.25) is 5.78 Å². The van der Waals surface area contributed by atoms with E-state index in [1.54, 1.807) is 11.4 Å². The predicted octanol–water partition coefficient (Wildman–Crippen LogP) is 1.83. The van der Waals surface area contributed by atoms with E-state index in [0.717, 1.165) is 23.4 Å². The Morgan fingerprint density at radius 2 is 1.88 bits per heavy atom. The Kier molecular flexibility index (Phi) is 3.61. The minimum Gasteiger partial charge on any atom is -0.314 e. The van der Waals surface area contributed by atoms with Crippen molar-refractivity contribution in [2.75, 3.05) is 0 Å². The van der Waals surface area contributed by atoms with Crippen LogP contribution in [0.25, 0.3) is 16.9 Å². The average molecular weight is 351 g/mol. The van der Waals surface area contributed by atoms with Gasteiger partial charge in [-0.1, -0.05) is 29.8 Å². The van der Waals surface area contributed by atoms with Gasteiger partial charge in [0.1, 0.15) is 0 Å². The van der Waals surface area contributed by atoms with Crippen molar-refractivity contribution in [3.8, 4) is 0 Å². The first-order chi connectivity index (χ1) is 12.4. The quantitative estimate of drug-likeness (QED) is 0.566.